The van der Waals surface area contributed by atoms with Crippen molar-refractivity contribution >= 4 is 103 Å². The molecule has 162 valence electrons. The van der Waals surface area contributed by atoms with Crippen molar-refractivity contribution in [2.75, 3.05) is 4.90 Å². The maximum Gasteiger partial charge on any atom is 0.298 e. The van der Waals surface area contributed by atoms with Crippen LogP contribution in [0.3, 0.4) is 0 Å². The van der Waals surface area contributed by atoms with Gasteiger partial charge in [0.25, 0.3) is 11.1 Å². The van der Waals surface area contributed by atoms with E-state index in [1.165, 1.54) is 0 Å². The molecule has 0 saturated carbocycles. The number of amides is 2. The highest BCUT2D eigenvalue weighted by atomic mass is 127. The molecule has 0 aliphatic carbocycles. The summed E-state index contributed by atoms with van der Waals surface area (Å²) in [7, 11) is 0. The number of rotatable bonds is 5. The van der Waals surface area contributed by atoms with Crippen LogP contribution in [-0.4, -0.2) is 11.1 Å². The first-order chi connectivity index (χ1) is 15.3. The van der Waals surface area contributed by atoms with Crippen LogP contribution in [0.4, 0.5) is 10.5 Å². The molecule has 0 spiro atoms. The Morgan fingerprint density at radius 3 is 2.38 bits per heavy atom. The molecule has 4 rings (SSSR count). The van der Waals surface area contributed by atoms with Gasteiger partial charge < -0.3 is 4.74 Å². The second-order valence-electron chi connectivity index (χ2n) is 6.69. The quantitative estimate of drug-likeness (QED) is 0.199. The van der Waals surface area contributed by atoms with Gasteiger partial charge in [0.1, 0.15) is 12.4 Å². The van der Waals surface area contributed by atoms with Gasteiger partial charge in [0, 0.05) is 15.6 Å². The van der Waals surface area contributed by atoms with Crippen LogP contribution < -0.4 is 9.64 Å². The number of carbonyl (C=O) groups excluding carboxylic acids is 2. The molecule has 2 amide bonds. The molecule has 1 saturated heterocycles. The lowest BCUT2D eigenvalue weighted by Crippen LogP contribution is -2.27. The van der Waals surface area contributed by atoms with Gasteiger partial charge in [-0.3, -0.25) is 9.59 Å². The molecular formula is C23H13Cl2I2NO3S. The molecule has 0 aromatic heterocycles. The Kier molecular flexibility index (Phi) is 7.71. The fraction of sp³-hybridized carbons (Fsp3) is 0.0435. The van der Waals surface area contributed by atoms with E-state index in [1.54, 1.807) is 30.3 Å². The van der Waals surface area contributed by atoms with Crippen LogP contribution in [0.15, 0.2) is 65.6 Å². The molecule has 1 fully saturated rings. The number of hydrogen-bond donors (Lipinski definition) is 0. The van der Waals surface area contributed by atoms with Crippen molar-refractivity contribution in [3.05, 3.63) is 93.9 Å². The molecule has 0 bridgehead atoms. The minimum Gasteiger partial charge on any atom is -0.487 e. The van der Waals surface area contributed by atoms with E-state index < -0.39 is 0 Å². The van der Waals surface area contributed by atoms with Gasteiger partial charge in [-0.05, 0) is 105 Å². The molecule has 0 N–H and O–H groups in total. The summed E-state index contributed by atoms with van der Waals surface area (Å²) in [5.74, 6) is 0.377. The van der Waals surface area contributed by atoms with Crippen molar-refractivity contribution in [1.29, 1.82) is 0 Å². The lowest BCUT2D eigenvalue weighted by Gasteiger charge is -2.13. The molecule has 3 aromatic rings. The van der Waals surface area contributed by atoms with E-state index in [0.29, 0.717) is 27.2 Å². The Morgan fingerprint density at radius 1 is 0.969 bits per heavy atom. The third-order valence-electron chi connectivity index (χ3n) is 4.51. The van der Waals surface area contributed by atoms with Crippen molar-refractivity contribution in [3.63, 3.8) is 0 Å². The number of nitrogens with zero attached hydrogens (tertiary/aromatic N) is 1. The fourth-order valence-electron chi connectivity index (χ4n) is 3.02. The summed E-state index contributed by atoms with van der Waals surface area (Å²) in [6.07, 6.45) is 1.72. The number of anilines is 1. The molecule has 0 atom stereocenters. The SMILES string of the molecule is O=C1S/C(=C/c2cc(I)c(OCc3ccccc3Cl)c(I)c2)C(=O)N1c1cccc(Cl)c1. The molecule has 0 radical (unpaired) electrons. The van der Waals surface area contributed by atoms with Gasteiger partial charge in [-0.1, -0.05) is 47.5 Å². The van der Waals surface area contributed by atoms with Gasteiger partial charge in [-0.25, -0.2) is 4.90 Å². The summed E-state index contributed by atoms with van der Waals surface area (Å²) in [5, 5.41) is 0.763. The van der Waals surface area contributed by atoms with Gasteiger partial charge in [0.15, 0.2) is 0 Å². The van der Waals surface area contributed by atoms with E-state index in [2.05, 4.69) is 45.2 Å². The maximum atomic E-state index is 12.9. The predicted octanol–water partition coefficient (Wildman–Crippen LogP) is 8.02. The highest BCUT2D eigenvalue weighted by molar-refractivity contribution is 14.1. The standard InChI is InChI=1S/C23H13Cl2I2NO3S/c24-15-5-3-6-16(11-15)28-22(29)20(32-23(28)30)10-13-8-18(26)21(19(27)9-13)31-12-14-4-1-2-7-17(14)25/h1-11H,12H2/b20-10+. The van der Waals surface area contributed by atoms with E-state index in [9.17, 15) is 9.59 Å². The Balaban J connectivity index is 1.56. The normalized spacial score (nSPS) is 15.0. The Bertz CT molecular complexity index is 1240. The van der Waals surface area contributed by atoms with Crippen LogP contribution in [0.2, 0.25) is 10.0 Å². The molecule has 1 heterocycles. The van der Waals surface area contributed by atoms with Crippen LogP contribution in [-0.2, 0) is 11.4 Å². The topological polar surface area (TPSA) is 46.6 Å². The number of halogens is 4. The van der Waals surface area contributed by atoms with E-state index in [4.69, 9.17) is 27.9 Å². The molecule has 1 aliphatic rings. The number of hydrogen-bond acceptors (Lipinski definition) is 4. The summed E-state index contributed by atoms with van der Waals surface area (Å²) in [6.45, 7) is 0.351. The van der Waals surface area contributed by atoms with Crippen LogP contribution in [0.1, 0.15) is 11.1 Å². The predicted molar refractivity (Wildman–Crippen MR) is 148 cm³/mol. The minimum absolute atomic E-state index is 0.351. The zero-order valence-corrected chi connectivity index (χ0v) is 22.8. The molecule has 4 nitrogen and oxygen atoms in total. The summed E-state index contributed by atoms with van der Waals surface area (Å²) in [6, 6.07) is 18.1. The summed E-state index contributed by atoms with van der Waals surface area (Å²) >= 11 is 17.5. The zero-order valence-electron chi connectivity index (χ0n) is 16.2. The number of carbonyl (C=O) groups is 2. The summed E-state index contributed by atoms with van der Waals surface area (Å²) < 4.78 is 7.80. The lowest BCUT2D eigenvalue weighted by atomic mass is 10.2. The van der Waals surface area contributed by atoms with Crippen molar-refractivity contribution < 1.29 is 14.3 Å². The Labute approximate surface area is 226 Å². The molecular weight excluding hydrogens is 695 g/mol. The van der Waals surface area contributed by atoms with Gasteiger partial charge in [-0.15, -0.1) is 0 Å². The van der Waals surface area contributed by atoms with E-state index in [-0.39, 0.29) is 11.1 Å². The van der Waals surface area contributed by atoms with Crippen molar-refractivity contribution in [2.45, 2.75) is 6.61 Å². The number of imide groups is 1. The van der Waals surface area contributed by atoms with Gasteiger partial charge in [-0.2, -0.15) is 0 Å². The average molecular weight is 708 g/mol. The van der Waals surface area contributed by atoms with Crippen LogP contribution in [0, 0.1) is 7.14 Å². The highest BCUT2D eigenvalue weighted by Gasteiger charge is 2.36. The first-order valence-corrected chi connectivity index (χ1v) is 13.0. The monoisotopic (exact) mass is 707 g/mol. The molecule has 0 unspecified atom stereocenters. The second-order valence-corrected chi connectivity index (χ2v) is 10.9. The molecule has 32 heavy (non-hydrogen) atoms. The summed E-state index contributed by atoms with van der Waals surface area (Å²) in [4.78, 5) is 26.9. The lowest BCUT2D eigenvalue weighted by molar-refractivity contribution is -0.113. The largest absolute Gasteiger partial charge is 0.487 e. The fourth-order valence-corrected chi connectivity index (χ4v) is 6.37. The highest BCUT2D eigenvalue weighted by Crippen LogP contribution is 2.38. The van der Waals surface area contributed by atoms with E-state index >= 15 is 0 Å². The van der Waals surface area contributed by atoms with Crippen LogP contribution in [0.25, 0.3) is 6.08 Å². The first kappa shape index (κ1) is 23.9. The number of thioether (sulfide) groups is 1. The zero-order chi connectivity index (χ0) is 22.8. The van der Waals surface area contributed by atoms with Crippen molar-refractivity contribution in [2.24, 2.45) is 0 Å². The maximum absolute atomic E-state index is 12.9. The third-order valence-corrected chi connectivity index (χ3v) is 7.58. The van der Waals surface area contributed by atoms with Crippen molar-refractivity contribution in [1.82, 2.24) is 0 Å². The van der Waals surface area contributed by atoms with Gasteiger partial charge >= 0.3 is 0 Å². The van der Waals surface area contributed by atoms with E-state index in [0.717, 1.165) is 40.7 Å². The average Bonchev–Trinajstić information content (AvgIpc) is 3.01. The first-order valence-electron chi connectivity index (χ1n) is 9.22. The molecule has 1 aliphatic heterocycles. The number of benzene rings is 3. The molecule has 9 heteroatoms. The third kappa shape index (κ3) is 5.27. The smallest absolute Gasteiger partial charge is 0.298 e. The van der Waals surface area contributed by atoms with E-state index in [1.807, 2.05) is 36.4 Å². The van der Waals surface area contributed by atoms with Crippen LogP contribution >= 0.6 is 80.1 Å². The molecule has 3 aromatic carbocycles. The number of ether oxygens (including phenoxy) is 1. The van der Waals surface area contributed by atoms with Gasteiger partial charge in [0.05, 0.1) is 17.7 Å². The minimum atomic E-state index is -0.369. The van der Waals surface area contributed by atoms with Crippen LogP contribution in [0.5, 0.6) is 5.75 Å². The Morgan fingerprint density at radius 2 is 1.69 bits per heavy atom. The van der Waals surface area contributed by atoms with Gasteiger partial charge in [0.2, 0.25) is 0 Å². The Hall–Kier alpha value is -1.27. The second kappa shape index (κ2) is 10.3. The summed E-state index contributed by atoms with van der Waals surface area (Å²) in [5.41, 5.74) is 2.16. The van der Waals surface area contributed by atoms with Crippen molar-refractivity contribution in [3.8, 4) is 5.75 Å².